The van der Waals surface area contributed by atoms with Gasteiger partial charge in [-0.05, 0) is 56.4 Å². The zero-order chi connectivity index (χ0) is 11.9. The van der Waals surface area contributed by atoms with Gasteiger partial charge in [0.2, 0.25) is 0 Å². The highest BCUT2D eigenvalue weighted by atomic mass is 16.3. The van der Waals surface area contributed by atoms with Gasteiger partial charge in [0.1, 0.15) is 0 Å². The van der Waals surface area contributed by atoms with E-state index in [1.807, 2.05) is 0 Å². The quantitative estimate of drug-likeness (QED) is 0.798. The second kappa shape index (κ2) is 4.55. The van der Waals surface area contributed by atoms with Crippen molar-refractivity contribution < 1.29 is 5.11 Å². The van der Waals surface area contributed by atoms with Gasteiger partial charge in [0.05, 0.1) is 6.10 Å². The van der Waals surface area contributed by atoms with E-state index in [1.165, 1.54) is 51.6 Å². The Morgan fingerprint density at radius 1 is 1.24 bits per heavy atom. The van der Waals surface area contributed by atoms with Crippen molar-refractivity contribution in [1.82, 2.24) is 4.90 Å². The molecule has 17 heavy (non-hydrogen) atoms. The highest BCUT2D eigenvalue weighted by Crippen LogP contribution is 2.49. The molecule has 2 nitrogen and oxygen atoms in total. The Hall–Kier alpha value is -0.0800. The van der Waals surface area contributed by atoms with Gasteiger partial charge in [-0.1, -0.05) is 19.8 Å². The molecule has 3 unspecified atom stereocenters. The van der Waals surface area contributed by atoms with Crippen LogP contribution in [0.1, 0.15) is 58.3 Å². The van der Waals surface area contributed by atoms with Crippen molar-refractivity contribution in [2.45, 2.75) is 70.4 Å². The zero-order valence-electron chi connectivity index (χ0n) is 11.2. The second-order valence-corrected chi connectivity index (χ2v) is 6.78. The largest absolute Gasteiger partial charge is 0.393 e. The van der Waals surface area contributed by atoms with E-state index < -0.39 is 0 Å². The molecule has 1 spiro atoms. The predicted octanol–water partition coefficient (Wildman–Crippen LogP) is 2.80. The Balaban J connectivity index is 1.65. The molecule has 0 radical (unpaired) electrons. The van der Waals surface area contributed by atoms with E-state index in [1.54, 1.807) is 0 Å². The van der Waals surface area contributed by atoms with Crippen LogP contribution < -0.4 is 0 Å². The van der Waals surface area contributed by atoms with Crippen LogP contribution in [0.2, 0.25) is 0 Å². The Morgan fingerprint density at radius 2 is 2.06 bits per heavy atom. The summed E-state index contributed by atoms with van der Waals surface area (Å²) < 4.78 is 0. The van der Waals surface area contributed by atoms with E-state index in [0.717, 1.165) is 18.8 Å². The Morgan fingerprint density at radius 3 is 2.65 bits per heavy atom. The van der Waals surface area contributed by atoms with Gasteiger partial charge in [0, 0.05) is 12.6 Å². The summed E-state index contributed by atoms with van der Waals surface area (Å²) in [7, 11) is 0. The maximum Gasteiger partial charge on any atom is 0.0555 e. The number of aliphatic hydroxyl groups excluding tert-OH is 1. The summed E-state index contributed by atoms with van der Waals surface area (Å²) in [5, 5.41) is 9.93. The van der Waals surface area contributed by atoms with Gasteiger partial charge in [-0.3, -0.25) is 4.90 Å². The van der Waals surface area contributed by atoms with Gasteiger partial charge in [0.15, 0.2) is 0 Å². The Bertz CT molecular complexity index is 274. The molecule has 0 aromatic carbocycles. The molecule has 3 aliphatic rings. The lowest BCUT2D eigenvalue weighted by molar-refractivity contribution is 0.0243. The number of likely N-dealkylation sites (tertiary alicyclic amines) is 1. The number of rotatable bonds is 2. The minimum Gasteiger partial charge on any atom is -0.393 e. The lowest BCUT2D eigenvalue weighted by Gasteiger charge is -2.43. The van der Waals surface area contributed by atoms with E-state index >= 15 is 0 Å². The molecule has 1 heterocycles. The van der Waals surface area contributed by atoms with Crippen molar-refractivity contribution in [3.05, 3.63) is 0 Å². The molecule has 3 fully saturated rings. The highest BCUT2D eigenvalue weighted by Gasteiger charge is 2.46. The van der Waals surface area contributed by atoms with Crippen molar-refractivity contribution in [2.75, 3.05) is 13.1 Å². The molecule has 0 amide bonds. The standard InChI is InChI=1S/C15H27NO/c1-2-12-4-5-13(17)10-14(12)16-9-8-15(11-16)6-3-7-15/h12-14,17H,2-11H2,1H3. The summed E-state index contributed by atoms with van der Waals surface area (Å²) in [6, 6.07) is 0.684. The summed E-state index contributed by atoms with van der Waals surface area (Å²) in [5.74, 6) is 0.841. The van der Waals surface area contributed by atoms with Crippen LogP contribution in [-0.4, -0.2) is 35.2 Å². The third-order valence-electron chi connectivity index (χ3n) is 5.80. The molecule has 1 aliphatic heterocycles. The maximum absolute atomic E-state index is 9.93. The van der Waals surface area contributed by atoms with E-state index in [4.69, 9.17) is 0 Å². The summed E-state index contributed by atoms with van der Waals surface area (Å²) >= 11 is 0. The van der Waals surface area contributed by atoms with Gasteiger partial charge >= 0.3 is 0 Å². The van der Waals surface area contributed by atoms with E-state index in [-0.39, 0.29) is 6.10 Å². The summed E-state index contributed by atoms with van der Waals surface area (Å²) in [6.07, 6.45) is 10.4. The third kappa shape index (κ3) is 2.15. The molecular formula is C15H27NO. The first-order valence-corrected chi connectivity index (χ1v) is 7.64. The van der Waals surface area contributed by atoms with Crippen LogP contribution in [-0.2, 0) is 0 Å². The second-order valence-electron chi connectivity index (χ2n) is 6.78. The van der Waals surface area contributed by atoms with Crippen LogP contribution in [0.25, 0.3) is 0 Å². The maximum atomic E-state index is 9.93. The summed E-state index contributed by atoms with van der Waals surface area (Å²) in [6.45, 7) is 4.96. The number of nitrogens with zero attached hydrogens (tertiary/aromatic N) is 1. The van der Waals surface area contributed by atoms with Crippen molar-refractivity contribution in [3.8, 4) is 0 Å². The van der Waals surface area contributed by atoms with E-state index in [0.29, 0.717) is 11.5 Å². The Kier molecular flexibility index (Phi) is 3.20. The molecule has 98 valence electrons. The monoisotopic (exact) mass is 237 g/mol. The van der Waals surface area contributed by atoms with Gasteiger partial charge in [-0.25, -0.2) is 0 Å². The average molecular weight is 237 g/mol. The average Bonchev–Trinajstić information content (AvgIpc) is 2.73. The predicted molar refractivity (Wildman–Crippen MR) is 69.9 cm³/mol. The van der Waals surface area contributed by atoms with Crippen LogP contribution in [0.5, 0.6) is 0 Å². The number of hydrogen-bond acceptors (Lipinski definition) is 2. The SMILES string of the molecule is CCC1CCC(O)CC1N1CCC2(CCC2)C1. The Labute approximate surface area is 105 Å². The first-order valence-electron chi connectivity index (χ1n) is 7.64. The van der Waals surface area contributed by atoms with Crippen molar-refractivity contribution >= 4 is 0 Å². The lowest BCUT2D eigenvalue weighted by atomic mass is 9.68. The fourth-order valence-electron chi connectivity index (χ4n) is 4.45. The fourth-order valence-corrected chi connectivity index (χ4v) is 4.45. The summed E-state index contributed by atoms with van der Waals surface area (Å²) in [5.41, 5.74) is 0.709. The van der Waals surface area contributed by atoms with Crippen LogP contribution in [0.15, 0.2) is 0 Å². The molecule has 3 rings (SSSR count). The number of aliphatic hydroxyl groups is 1. The topological polar surface area (TPSA) is 23.5 Å². The molecule has 2 aliphatic carbocycles. The van der Waals surface area contributed by atoms with E-state index in [9.17, 15) is 5.11 Å². The normalized spacial score (nSPS) is 41.6. The smallest absolute Gasteiger partial charge is 0.0555 e. The van der Waals surface area contributed by atoms with E-state index in [2.05, 4.69) is 11.8 Å². The van der Waals surface area contributed by atoms with Crippen molar-refractivity contribution in [1.29, 1.82) is 0 Å². The van der Waals surface area contributed by atoms with Gasteiger partial charge in [-0.15, -0.1) is 0 Å². The first kappa shape index (κ1) is 12.0. The molecule has 1 N–H and O–H groups in total. The molecule has 2 heteroatoms. The molecular weight excluding hydrogens is 210 g/mol. The summed E-state index contributed by atoms with van der Waals surface area (Å²) in [4.78, 5) is 2.73. The minimum absolute atomic E-state index is 0.0271. The van der Waals surface area contributed by atoms with Gasteiger partial charge in [0.25, 0.3) is 0 Å². The minimum atomic E-state index is -0.0271. The third-order valence-corrected chi connectivity index (χ3v) is 5.80. The number of hydrogen-bond donors (Lipinski definition) is 1. The first-order chi connectivity index (χ1) is 8.22. The highest BCUT2D eigenvalue weighted by molar-refractivity contribution is 4.99. The molecule has 2 saturated carbocycles. The fraction of sp³-hybridized carbons (Fsp3) is 1.00. The van der Waals surface area contributed by atoms with Gasteiger partial charge < -0.3 is 5.11 Å². The molecule has 1 saturated heterocycles. The van der Waals surface area contributed by atoms with Crippen LogP contribution >= 0.6 is 0 Å². The molecule has 0 bridgehead atoms. The van der Waals surface area contributed by atoms with Crippen molar-refractivity contribution in [2.24, 2.45) is 11.3 Å². The zero-order valence-corrected chi connectivity index (χ0v) is 11.2. The molecule has 0 aromatic rings. The van der Waals surface area contributed by atoms with Crippen LogP contribution in [0, 0.1) is 11.3 Å². The lowest BCUT2D eigenvalue weighted by Crippen LogP contribution is -2.46. The van der Waals surface area contributed by atoms with Gasteiger partial charge in [-0.2, -0.15) is 0 Å². The molecule has 3 atom stereocenters. The van der Waals surface area contributed by atoms with Crippen LogP contribution in [0.3, 0.4) is 0 Å². The van der Waals surface area contributed by atoms with Crippen LogP contribution in [0.4, 0.5) is 0 Å². The molecule has 0 aromatic heterocycles. The van der Waals surface area contributed by atoms with Crippen molar-refractivity contribution in [3.63, 3.8) is 0 Å².